The Bertz CT molecular complexity index is 627. The van der Waals surface area contributed by atoms with E-state index in [0.717, 1.165) is 25.7 Å². The van der Waals surface area contributed by atoms with E-state index in [1.807, 2.05) is 0 Å². The van der Waals surface area contributed by atoms with E-state index < -0.39 is 31.0 Å². The molecule has 1 aromatic rings. The second kappa shape index (κ2) is 9.84. The van der Waals surface area contributed by atoms with Crippen molar-refractivity contribution in [1.29, 1.82) is 0 Å². The van der Waals surface area contributed by atoms with E-state index >= 15 is 0 Å². The number of halogens is 2. The molecule has 0 radical (unpaired) electrons. The van der Waals surface area contributed by atoms with Gasteiger partial charge in [-0.1, -0.05) is 19.3 Å². The molecule has 1 aromatic carbocycles. The van der Waals surface area contributed by atoms with Gasteiger partial charge in [0.2, 0.25) is 0 Å². The van der Waals surface area contributed by atoms with Crippen molar-refractivity contribution in [1.82, 2.24) is 5.32 Å². The molecule has 1 aliphatic carbocycles. The number of hydrogen-bond acceptors (Lipinski definition) is 5. The maximum atomic E-state index is 12.1. The average Bonchev–Trinajstić information content (AvgIpc) is 2.61. The normalized spacial score (nSPS) is 14.7. The number of hydrogen-bond donors (Lipinski definition) is 1. The molecule has 0 heterocycles. The second-order valence-electron chi connectivity index (χ2n) is 6.15. The van der Waals surface area contributed by atoms with Crippen LogP contribution in [0.4, 0.5) is 8.78 Å². The first kappa shape index (κ1) is 19.8. The zero-order chi connectivity index (χ0) is 18.9. The number of carbonyl (C=O) groups is 3. The lowest BCUT2D eigenvalue weighted by Crippen LogP contribution is -2.34. The van der Waals surface area contributed by atoms with Crippen LogP contribution in [0.3, 0.4) is 0 Å². The van der Waals surface area contributed by atoms with Crippen molar-refractivity contribution in [3.8, 4) is 5.75 Å². The van der Waals surface area contributed by atoms with Gasteiger partial charge < -0.3 is 9.47 Å². The summed E-state index contributed by atoms with van der Waals surface area (Å²) in [7, 11) is 0. The van der Waals surface area contributed by atoms with Gasteiger partial charge in [0.05, 0.1) is 0 Å². The van der Waals surface area contributed by atoms with Crippen molar-refractivity contribution < 1.29 is 32.6 Å². The van der Waals surface area contributed by atoms with E-state index in [0.29, 0.717) is 5.92 Å². The minimum Gasteiger partial charge on any atom is -0.456 e. The first-order valence-corrected chi connectivity index (χ1v) is 8.48. The highest BCUT2D eigenvalue weighted by Gasteiger charge is 2.19. The highest BCUT2D eigenvalue weighted by atomic mass is 19.3. The molecule has 6 nitrogen and oxygen atoms in total. The van der Waals surface area contributed by atoms with Gasteiger partial charge in [-0.2, -0.15) is 8.78 Å². The van der Waals surface area contributed by atoms with Crippen LogP contribution in [0.1, 0.15) is 48.9 Å². The molecule has 0 saturated heterocycles. The second-order valence-corrected chi connectivity index (χ2v) is 6.15. The van der Waals surface area contributed by atoms with Crippen LogP contribution in [0.5, 0.6) is 5.75 Å². The summed E-state index contributed by atoms with van der Waals surface area (Å²) >= 11 is 0. The average molecular weight is 369 g/mol. The fourth-order valence-corrected chi connectivity index (χ4v) is 2.85. The van der Waals surface area contributed by atoms with Gasteiger partial charge in [-0.25, -0.2) is 0 Å². The lowest BCUT2D eigenvalue weighted by atomic mass is 9.87. The van der Waals surface area contributed by atoms with Crippen molar-refractivity contribution in [3.63, 3.8) is 0 Å². The smallest absolute Gasteiger partial charge is 0.387 e. The van der Waals surface area contributed by atoms with Crippen LogP contribution in [-0.2, 0) is 14.3 Å². The summed E-state index contributed by atoms with van der Waals surface area (Å²) < 4.78 is 33.2. The SMILES string of the molecule is O=C(COC(=O)CC1CCCCC1)NC(=O)c1ccc(OC(F)F)cc1. The summed E-state index contributed by atoms with van der Waals surface area (Å²) in [5.74, 6) is -1.72. The van der Waals surface area contributed by atoms with Crippen LogP contribution < -0.4 is 10.1 Å². The Morgan fingerprint density at radius 3 is 2.35 bits per heavy atom. The molecule has 1 saturated carbocycles. The Morgan fingerprint density at radius 1 is 1.08 bits per heavy atom. The van der Waals surface area contributed by atoms with Gasteiger partial charge in [-0.15, -0.1) is 0 Å². The summed E-state index contributed by atoms with van der Waals surface area (Å²) in [5.41, 5.74) is 0.0912. The van der Waals surface area contributed by atoms with E-state index in [2.05, 4.69) is 10.1 Å². The third-order valence-corrected chi connectivity index (χ3v) is 4.14. The van der Waals surface area contributed by atoms with Gasteiger partial charge in [-0.3, -0.25) is 19.7 Å². The maximum absolute atomic E-state index is 12.1. The molecule has 0 atom stereocenters. The van der Waals surface area contributed by atoms with E-state index in [-0.39, 0.29) is 17.7 Å². The highest BCUT2D eigenvalue weighted by Crippen LogP contribution is 2.26. The number of ether oxygens (including phenoxy) is 2. The molecule has 0 unspecified atom stereocenters. The number of rotatable bonds is 7. The summed E-state index contributed by atoms with van der Waals surface area (Å²) in [4.78, 5) is 35.3. The number of alkyl halides is 2. The molecular formula is C18H21F2NO5. The fourth-order valence-electron chi connectivity index (χ4n) is 2.85. The molecule has 1 fully saturated rings. The molecule has 0 bridgehead atoms. The lowest BCUT2D eigenvalue weighted by molar-refractivity contribution is -0.149. The zero-order valence-electron chi connectivity index (χ0n) is 14.2. The molecule has 1 aliphatic rings. The molecule has 0 spiro atoms. The number of imide groups is 1. The zero-order valence-corrected chi connectivity index (χ0v) is 14.2. The Morgan fingerprint density at radius 2 is 1.73 bits per heavy atom. The van der Waals surface area contributed by atoms with Crippen molar-refractivity contribution in [2.24, 2.45) is 5.92 Å². The third-order valence-electron chi connectivity index (χ3n) is 4.14. The largest absolute Gasteiger partial charge is 0.456 e. The molecule has 1 N–H and O–H groups in total. The van der Waals surface area contributed by atoms with Crippen molar-refractivity contribution >= 4 is 17.8 Å². The lowest BCUT2D eigenvalue weighted by Gasteiger charge is -2.20. The van der Waals surface area contributed by atoms with Gasteiger partial charge in [0.15, 0.2) is 6.61 Å². The van der Waals surface area contributed by atoms with Gasteiger partial charge in [-0.05, 0) is 43.0 Å². The van der Waals surface area contributed by atoms with Crippen LogP contribution in [-0.4, -0.2) is 31.0 Å². The van der Waals surface area contributed by atoms with Crippen LogP contribution in [0.25, 0.3) is 0 Å². The Hall–Kier alpha value is -2.51. The van der Waals surface area contributed by atoms with Crippen LogP contribution in [0.15, 0.2) is 24.3 Å². The van der Waals surface area contributed by atoms with Gasteiger partial charge in [0.1, 0.15) is 5.75 Å². The van der Waals surface area contributed by atoms with Gasteiger partial charge in [0.25, 0.3) is 11.8 Å². The Labute approximate surface area is 149 Å². The molecule has 2 rings (SSSR count). The Kier molecular flexibility index (Phi) is 7.50. The minimum atomic E-state index is -2.96. The number of carbonyl (C=O) groups excluding carboxylic acids is 3. The molecule has 0 aromatic heterocycles. The van der Waals surface area contributed by atoms with Crippen molar-refractivity contribution in [2.45, 2.75) is 45.1 Å². The van der Waals surface area contributed by atoms with Crippen LogP contribution >= 0.6 is 0 Å². The third kappa shape index (κ3) is 6.78. The topological polar surface area (TPSA) is 81.7 Å². The van der Waals surface area contributed by atoms with Crippen LogP contribution in [0.2, 0.25) is 0 Å². The van der Waals surface area contributed by atoms with Gasteiger partial charge in [0, 0.05) is 12.0 Å². The number of nitrogens with one attached hydrogen (secondary N) is 1. The molecular weight excluding hydrogens is 348 g/mol. The molecule has 8 heteroatoms. The summed E-state index contributed by atoms with van der Waals surface area (Å²) in [6.07, 6.45) is 5.66. The summed E-state index contributed by atoms with van der Waals surface area (Å²) in [6.45, 7) is -3.50. The molecule has 26 heavy (non-hydrogen) atoms. The van der Waals surface area contributed by atoms with Crippen molar-refractivity contribution in [2.75, 3.05) is 6.61 Å². The highest BCUT2D eigenvalue weighted by molar-refractivity contribution is 6.05. The molecule has 142 valence electrons. The molecule has 2 amide bonds. The Balaban J connectivity index is 1.72. The van der Waals surface area contributed by atoms with Gasteiger partial charge >= 0.3 is 12.6 Å². The van der Waals surface area contributed by atoms with E-state index in [1.165, 1.54) is 30.7 Å². The predicted molar refractivity (Wildman–Crippen MR) is 87.7 cm³/mol. The standard InChI is InChI=1S/C18H21F2NO5/c19-18(20)26-14-8-6-13(7-9-14)17(24)21-15(22)11-25-16(23)10-12-4-2-1-3-5-12/h6-9,12,18H,1-5,10-11H2,(H,21,22,24). The number of benzene rings is 1. The monoisotopic (exact) mass is 369 g/mol. The van der Waals surface area contributed by atoms with E-state index in [1.54, 1.807) is 0 Å². The molecule has 0 aliphatic heterocycles. The first-order valence-electron chi connectivity index (χ1n) is 8.48. The quantitative estimate of drug-likeness (QED) is 0.747. The minimum absolute atomic E-state index is 0.0912. The van der Waals surface area contributed by atoms with E-state index in [9.17, 15) is 23.2 Å². The van der Waals surface area contributed by atoms with Crippen LogP contribution in [0, 0.1) is 5.92 Å². The fraction of sp³-hybridized carbons (Fsp3) is 0.500. The van der Waals surface area contributed by atoms with Crippen molar-refractivity contribution in [3.05, 3.63) is 29.8 Å². The first-order chi connectivity index (χ1) is 12.4. The van der Waals surface area contributed by atoms with E-state index in [4.69, 9.17) is 4.74 Å². The summed E-state index contributed by atoms with van der Waals surface area (Å²) in [5, 5.41) is 2.07. The predicted octanol–water partition coefficient (Wildman–Crippen LogP) is 3.06. The number of esters is 1. The summed E-state index contributed by atoms with van der Waals surface area (Å²) in [6, 6.07) is 4.87. The number of amides is 2. The maximum Gasteiger partial charge on any atom is 0.387 e.